The molecule has 21 heavy (non-hydrogen) atoms. The third-order valence-electron chi connectivity index (χ3n) is 3.15. The molecule has 0 aliphatic rings. The van der Waals surface area contributed by atoms with E-state index in [4.69, 9.17) is 10.3 Å². The standard InChI is InChI=1S/C14H10N6O/c15-10-3-1-9(2-4-10)13-18-14(21-19-13)11-7-17-20-6-5-16-8-12(11)20/h1-8H,15H2. The molecule has 7 heteroatoms. The topological polar surface area (TPSA) is 95.1 Å². The fraction of sp³-hybridized carbons (Fsp3) is 0. The van der Waals surface area contributed by atoms with Gasteiger partial charge in [-0.25, -0.2) is 4.52 Å². The fourth-order valence-electron chi connectivity index (χ4n) is 2.08. The highest BCUT2D eigenvalue weighted by atomic mass is 16.5. The lowest BCUT2D eigenvalue weighted by Crippen LogP contribution is -1.86. The maximum Gasteiger partial charge on any atom is 0.262 e. The van der Waals surface area contributed by atoms with Crippen LogP contribution < -0.4 is 5.73 Å². The SMILES string of the molecule is Nc1ccc(-c2noc(-c3cnn4ccncc34)n2)cc1. The summed E-state index contributed by atoms with van der Waals surface area (Å²) in [6.45, 7) is 0. The van der Waals surface area contributed by atoms with Gasteiger partial charge in [-0.2, -0.15) is 10.1 Å². The number of nitrogens with zero attached hydrogens (tertiary/aromatic N) is 5. The lowest BCUT2D eigenvalue weighted by atomic mass is 10.2. The fourth-order valence-corrected chi connectivity index (χ4v) is 2.08. The van der Waals surface area contributed by atoms with E-state index < -0.39 is 0 Å². The van der Waals surface area contributed by atoms with E-state index in [1.165, 1.54) is 0 Å². The summed E-state index contributed by atoms with van der Waals surface area (Å²) >= 11 is 0. The Hall–Kier alpha value is -3.22. The molecule has 0 fully saturated rings. The average Bonchev–Trinajstić information content (AvgIpc) is 3.14. The predicted molar refractivity (Wildman–Crippen MR) is 76.1 cm³/mol. The van der Waals surface area contributed by atoms with E-state index in [2.05, 4.69) is 20.2 Å². The van der Waals surface area contributed by atoms with Crippen molar-refractivity contribution in [1.82, 2.24) is 24.7 Å². The third-order valence-corrected chi connectivity index (χ3v) is 3.15. The van der Waals surface area contributed by atoms with Crippen molar-refractivity contribution in [2.75, 3.05) is 5.73 Å². The molecule has 0 atom stereocenters. The van der Waals surface area contributed by atoms with Crippen molar-refractivity contribution in [3.8, 4) is 22.8 Å². The number of nitrogen functional groups attached to an aromatic ring is 1. The first-order chi connectivity index (χ1) is 10.3. The van der Waals surface area contributed by atoms with Crippen molar-refractivity contribution in [1.29, 1.82) is 0 Å². The Kier molecular flexibility index (Phi) is 2.43. The predicted octanol–water partition coefficient (Wildman–Crippen LogP) is 2.03. The molecule has 0 spiro atoms. The largest absolute Gasteiger partial charge is 0.399 e. The minimum absolute atomic E-state index is 0.407. The van der Waals surface area contributed by atoms with E-state index in [-0.39, 0.29) is 0 Å². The monoisotopic (exact) mass is 278 g/mol. The van der Waals surface area contributed by atoms with Crippen LogP contribution in [0.2, 0.25) is 0 Å². The highest BCUT2D eigenvalue weighted by Gasteiger charge is 2.15. The van der Waals surface area contributed by atoms with Gasteiger partial charge in [0.25, 0.3) is 5.89 Å². The molecule has 3 aromatic heterocycles. The maximum atomic E-state index is 5.67. The Labute approximate surface area is 119 Å². The van der Waals surface area contributed by atoms with Crippen LogP contribution in [0.5, 0.6) is 0 Å². The lowest BCUT2D eigenvalue weighted by Gasteiger charge is -1.94. The third kappa shape index (κ3) is 1.91. The molecule has 4 rings (SSSR count). The molecule has 0 radical (unpaired) electrons. The highest BCUT2D eigenvalue weighted by Crippen LogP contribution is 2.25. The van der Waals surface area contributed by atoms with Crippen LogP contribution in [0.15, 0.2) is 53.6 Å². The van der Waals surface area contributed by atoms with E-state index in [0.717, 1.165) is 16.6 Å². The maximum absolute atomic E-state index is 5.67. The smallest absolute Gasteiger partial charge is 0.262 e. The van der Waals surface area contributed by atoms with Gasteiger partial charge in [0.1, 0.15) is 0 Å². The van der Waals surface area contributed by atoms with Crippen LogP contribution in [-0.4, -0.2) is 24.7 Å². The van der Waals surface area contributed by atoms with Gasteiger partial charge in [0, 0.05) is 23.6 Å². The van der Waals surface area contributed by atoms with Gasteiger partial charge in [0.15, 0.2) is 0 Å². The molecule has 1 aromatic carbocycles. The molecule has 102 valence electrons. The zero-order valence-corrected chi connectivity index (χ0v) is 10.8. The van der Waals surface area contributed by atoms with Crippen molar-refractivity contribution < 1.29 is 4.52 Å². The van der Waals surface area contributed by atoms with Crippen molar-refractivity contribution in [2.24, 2.45) is 0 Å². The van der Waals surface area contributed by atoms with Gasteiger partial charge >= 0.3 is 0 Å². The quantitative estimate of drug-likeness (QED) is 0.564. The van der Waals surface area contributed by atoms with Crippen LogP contribution in [0.4, 0.5) is 5.69 Å². The van der Waals surface area contributed by atoms with E-state index in [0.29, 0.717) is 17.4 Å². The lowest BCUT2D eigenvalue weighted by molar-refractivity contribution is 0.432. The minimum atomic E-state index is 0.407. The number of hydrogen-bond acceptors (Lipinski definition) is 6. The van der Waals surface area contributed by atoms with Crippen LogP contribution >= 0.6 is 0 Å². The molecule has 0 bridgehead atoms. The Bertz CT molecular complexity index is 909. The summed E-state index contributed by atoms with van der Waals surface area (Å²) in [5.41, 5.74) is 8.76. The molecule has 3 heterocycles. The highest BCUT2D eigenvalue weighted by molar-refractivity contribution is 5.74. The van der Waals surface area contributed by atoms with Crippen LogP contribution in [-0.2, 0) is 0 Å². The summed E-state index contributed by atoms with van der Waals surface area (Å²) in [5, 5.41) is 8.22. The molecule has 0 aliphatic carbocycles. The minimum Gasteiger partial charge on any atom is -0.399 e. The summed E-state index contributed by atoms with van der Waals surface area (Å²) in [4.78, 5) is 8.48. The van der Waals surface area contributed by atoms with Crippen molar-refractivity contribution in [3.63, 3.8) is 0 Å². The second-order valence-corrected chi connectivity index (χ2v) is 4.51. The summed E-state index contributed by atoms with van der Waals surface area (Å²) in [6.07, 6.45) is 6.81. The number of aromatic nitrogens is 5. The van der Waals surface area contributed by atoms with Crippen molar-refractivity contribution in [3.05, 3.63) is 49.1 Å². The van der Waals surface area contributed by atoms with Gasteiger partial charge in [-0.3, -0.25) is 4.98 Å². The molecule has 0 unspecified atom stereocenters. The van der Waals surface area contributed by atoms with Crippen LogP contribution in [0.25, 0.3) is 28.4 Å². The molecular weight excluding hydrogens is 268 g/mol. The van der Waals surface area contributed by atoms with Crippen LogP contribution in [0.3, 0.4) is 0 Å². The number of nitrogens with two attached hydrogens (primary N) is 1. The normalized spacial score (nSPS) is 11.0. The van der Waals surface area contributed by atoms with Gasteiger partial charge in [-0.1, -0.05) is 5.16 Å². The van der Waals surface area contributed by atoms with E-state index in [9.17, 15) is 0 Å². The molecule has 4 aromatic rings. The van der Waals surface area contributed by atoms with Gasteiger partial charge in [0.2, 0.25) is 5.82 Å². The number of benzene rings is 1. The first kappa shape index (κ1) is 11.6. The zero-order chi connectivity index (χ0) is 14.2. The van der Waals surface area contributed by atoms with Gasteiger partial charge in [-0.05, 0) is 24.3 Å². The summed E-state index contributed by atoms with van der Waals surface area (Å²) in [7, 11) is 0. The van der Waals surface area contributed by atoms with Crippen LogP contribution in [0.1, 0.15) is 0 Å². The average molecular weight is 278 g/mol. The Balaban J connectivity index is 1.79. The molecule has 0 saturated heterocycles. The molecule has 0 saturated carbocycles. The van der Waals surface area contributed by atoms with E-state index in [1.54, 1.807) is 41.4 Å². The molecule has 7 nitrogen and oxygen atoms in total. The molecule has 0 aliphatic heterocycles. The van der Waals surface area contributed by atoms with E-state index >= 15 is 0 Å². The number of rotatable bonds is 2. The zero-order valence-electron chi connectivity index (χ0n) is 10.8. The van der Waals surface area contributed by atoms with Gasteiger partial charge < -0.3 is 10.3 Å². The molecular formula is C14H10N6O. The summed E-state index contributed by atoms with van der Waals surface area (Å²) in [5.74, 6) is 0.915. The summed E-state index contributed by atoms with van der Waals surface area (Å²) < 4.78 is 7.03. The Morgan fingerprint density at radius 3 is 2.81 bits per heavy atom. The van der Waals surface area contributed by atoms with Crippen LogP contribution in [0, 0.1) is 0 Å². The second kappa shape index (κ2) is 4.41. The van der Waals surface area contributed by atoms with E-state index in [1.807, 2.05) is 12.1 Å². The number of anilines is 1. The van der Waals surface area contributed by atoms with Crippen molar-refractivity contribution in [2.45, 2.75) is 0 Å². The first-order valence-corrected chi connectivity index (χ1v) is 6.28. The van der Waals surface area contributed by atoms with Gasteiger partial charge in [-0.15, -0.1) is 0 Å². The molecule has 2 N–H and O–H groups in total. The Morgan fingerprint density at radius 1 is 1.10 bits per heavy atom. The van der Waals surface area contributed by atoms with Crippen molar-refractivity contribution >= 4 is 11.2 Å². The van der Waals surface area contributed by atoms with Gasteiger partial charge in [0.05, 0.1) is 23.5 Å². The molecule has 0 amide bonds. The Morgan fingerprint density at radius 2 is 1.95 bits per heavy atom. The number of hydrogen-bond donors (Lipinski definition) is 1. The summed E-state index contributed by atoms with van der Waals surface area (Å²) in [6, 6.07) is 7.29. The second-order valence-electron chi connectivity index (χ2n) is 4.51. The first-order valence-electron chi connectivity index (χ1n) is 6.28. The number of fused-ring (bicyclic) bond motifs is 1.